The van der Waals surface area contributed by atoms with Crippen molar-refractivity contribution in [1.29, 1.82) is 0 Å². The molecular weight excluding hydrogens is 453 g/mol. The number of halogens is 1. The zero-order chi connectivity index (χ0) is 18.6. The monoisotopic (exact) mass is 483 g/mol. The molecule has 2 aromatic carbocycles. The molecule has 0 fully saturated rings. The van der Waals surface area contributed by atoms with Gasteiger partial charge in [0, 0.05) is 13.1 Å². The molecule has 3 N–H and O–H groups in total. The third-order valence-corrected chi connectivity index (χ3v) is 3.85. The molecule has 0 aliphatic heterocycles. The van der Waals surface area contributed by atoms with Crippen LogP contribution in [0.1, 0.15) is 30.6 Å². The lowest BCUT2D eigenvalue weighted by Crippen LogP contribution is -2.39. The van der Waals surface area contributed by atoms with E-state index in [1.165, 1.54) is 5.56 Å². The van der Waals surface area contributed by atoms with Gasteiger partial charge < -0.3 is 20.5 Å². The summed E-state index contributed by atoms with van der Waals surface area (Å²) >= 11 is 0. The Hall–Kier alpha value is -1.80. The van der Waals surface area contributed by atoms with Gasteiger partial charge in [-0.2, -0.15) is 0 Å². The number of hydrogen-bond donors (Lipinski definition) is 3. The van der Waals surface area contributed by atoms with E-state index in [-0.39, 0.29) is 24.0 Å². The Morgan fingerprint density at radius 2 is 1.89 bits per heavy atom. The predicted octanol–water partition coefficient (Wildman–Crippen LogP) is 3.67. The molecule has 0 saturated heterocycles. The van der Waals surface area contributed by atoms with Crippen molar-refractivity contribution in [1.82, 2.24) is 10.6 Å². The van der Waals surface area contributed by atoms with E-state index < -0.39 is 6.10 Å². The fourth-order valence-electron chi connectivity index (χ4n) is 2.53. The number of guanidine groups is 1. The molecule has 0 aromatic heterocycles. The van der Waals surface area contributed by atoms with Crippen LogP contribution in [0.2, 0.25) is 0 Å². The van der Waals surface area contributed by atoms with Crippen molar-refractivity contribution >= 4 is 29.9 Å². The first-order valence-electron chi connectivity index (χ1n) is 9.13. The molecule has 0 heterocycles. The molecule has 0 radical (unpaired) electrons. The van der Waals surface area contributed by atoms with Crippen LogP contribution in [0, 0.1) is 6.92 Å². The minimum absolute atomic E-state index is 0. The Bertz CT molecular complexity index is 680. The lowest BCUT2D eigenvalue weighted by Gasteiger charge is -2.13. The van der Waals surface area contributed by atoms with Gasteiger partial charge in [-0.3, -0.25) is 4.99 Å². The molecule has 0 bridgehead atoms. The summed E-state index contributed by atoms with van der Waals surface area (Å²) in [4.78, 5) is 4.52. The van der Waals surface area contributed by atoms with E-state index in [9.17, 15) is 5.11 Å². The topological polar surface area (TPSA) is 65.9 Å². The number of aliphatic imine (C=N–C) groups is 1. The third kappa shape index (κ3) is 9.10. The molecule has 0 amide bonds. The van der Waals surface area contributed by atoms with Crippen molar-refractivity contribution < 1.29 is 9.84 Å². The highest BCUT2D eigenvalue weighted by Crippen LogP contribution is 2.15. The first-order chi connectivity index (χ1) is 12.7. The lowest BCUT2D eigenvalue weighted by molar-refractivity contribution is 0.170. The molecule has 5 nitrogen and oxygen atoms in total. The van der Waals surface area contributed by atoms with Crippen LogP contribution in [0.15, 0.2) is 59.6 Å². The zero-order valence-electron chi connectivity index (χ0n) is 16.0. The predicted molar refractivity (Wildman–Crippen MR) is 122 cm³/mol. The second-order valence-electron chi connectivity index (χ2n) is 6.07. The van der Waals surface area contributed by atoms with Gasteiger partial charge in [0.25, 0.3) is 0 Å². The van der Waals surface area contributed by atoms with E-state index in [4.69, 9.17) is 4.74 Å². The standard InChI is InChI=1S/C21H29N3O2.HI/c1-3-22-21(23-13-12-20(25)18-9-5-4-6-10-18)24-14-15-26-19-11-7-8-17(2)16-19;/h4-11,16,20,25H,3,12-15H2,1-2H3,(H2,22,23,24);1H. The van der Waals surface area contributed by atoms with Crippen LogP contribution >= 0.6 is 24.0 Å². The molecule has 0 aliphatic carbocycles. The van der Waals surface area contributed by atoms with Crippen molar-refractivity contribution in [2.75, 3.05) is 26.2 Å². The third-order valence-electron chi connectivity index (χ3n) is 3.85. The van der Waals surface area contributed by atoms with Crippen molar-refractivity contribution in [3.05, 3.63) is 65.7 Å². The number of ether oxygens (including phenoxy) is 1. The average Bonchev–Trinajstić information content (AvgIpc) is 2.66. The number of hydrogen-bond acceptors (Lipinski definition) is 3. The summed E-state index contributed by atoms with van der Waals surface area (Å²) in [6, 6.07) is 17.7. The van der Waals surface area contributed by atoms with Crippen LogP contribution in [-0.2, 0) is 0 Å². The molecule has 0 aliphatic rings. The highest BCUT2D eigenvalue weighted by Gasteiger charge is 2.06. The van der Waals surface area contributed by atoms with Gasteiger partial charge >= 0.3 is 0 Å². The van der Waals surface area contributed by atoms with Crippen molar-refractivity contribution in [3.8, 4) is 5.75 Å². The van der Waals surface area contributed by atoms with E-state index in [1.807, 2.05) is 68.4 Å². The van der Waals surface area contributed by atoms with Gasteiger partial charge in [-0.25, -0.2) is 0 Å². The first kappa shape index (κ1) is 23.2. The maximum Gasteiger partial charge on any atom is 0.191 e. The Labute approximate surface area is 179 Å². The summed E-state index contributed by atoms with van der Waals surface area (Å²) in [7, 11) is 0. The van der Waals surface area contributed by atoms with Crippen molar-refractivity contribution in [2.24, 2.45) is 4.99 Å². The fourth-order valence-corrected chi connectivity index (χ4v) is 2.53. The number of nitrogens with zero attached hydrogens (tertiary/aromatic N) is 1. The summed E-state index contributed by atoms with van der Waals surface area (Å²) in [5.41, 5.74) is 2.11. The molecular formula is C21H30IN3O2. The summed E-state index contributed by atoms with van der Waals surface area (Å²) in [6.07, 6.45) is 0.0906. The molecule has 0 spiro atoms. The largest absolute Gasteiger partial charge is 0.492 e. The van der Waals surface area contributed by atoms with Gasteiger partial charge in [0.1, 0.15) is 12.4 Å². The molecule has 2 rings (SSSR count). The lowest BCUT2D eigenvalue weighted by atomic mass is 10.1. The van der Waals surface area contributed by atoms with Gasteiger partial charge in [0.15, 0.2) is 5.96 Å². The zero-order valence-corrected chi connectivity index (χ0v) is 18.4. The molecule has 6 heteroatoms. The molecule has 1 unspecified atom stereocenters. The minimum Gasteiger partial charge on any atom is -0.492 e. The Kier molecular flexibility index (Phi) is 11.5. The van der Waals surface area contributed by atoms with Crippen LogP contribution < -0.4 is 15.4 Å². The van der Waals surface area contributed by atoms with Crippen LogP contribution in [0.5, 0.6) is 5.75 Å². The molecule has 0 saturated carbocycles. The number of aliphatic hydroxyl groups is 1. The smallest absolute Gasteiger partial charge is 0.191 e. The quantitative estimate of drug-likeness (QED) is 0.221. The Morgan fingerprint density at radius 3 is 2.59 bits per heavy atom. The highest BCUT2D eigenvalue weighted by molar-refractivity contribution is 14.0. The molecule has 27 heavy (non-hydrogen) atoms. The van der Waals surface area contributed by atoms with Gasteiger partial charge in [0.05, 0.1) is 12.6 Å². The van der Waals surface area contributed by atoms with E-state index in [0.29, 0.717) is 26.1 Å². The molecule has 1 atom stereocenters. The molecule has 148 valence electrons. The molecule has 2 aromatic rings. The Morgan fingerprint density at radius 1 is 1.11 bits per heavy atom. The SMILES string of the molecule is CCNC(=NCCC(O)c1ccccc1)NCCOc1cccc(C)c1.I. The first-order valence-corrected chi connectivity index (χ1v) is 9.13. The van der Waals surface area contributed by atoms with E-state index in [0.717, 1.165) is 23.8 Å². The van der Waals surface area contributed by atoms with Crippen LogP contribution in [-0.4, -0.2) is 37.3 Å². The van der Waals surface area contributed by atoms with Gasteiger partial charge in [-0.1, -0.05) is 42.5 Å². The van der Waals surface area contributed by atoms with Crippen LogP contribution in [0.25, 0.3) is 0 Å². The maximum atomic E-state index is 10.2. The van der Waals surface area contributed by atoms with E-state index in [2.05, 4.69) is 15.6 Å². The van der Waals surface area contributed by atoms with E-state index in [1.54, 1.807) is 0 Å². The number of aliphatic hydroxyl groups excluding tert-OH is 1. The number of nitrogens with one attached hydrogen (secondary N) is 2. The summed E-state index contributed by atoms with van der Waals surface area (Å²) in [6.45, 7) is 6.61. The summed E-state index contributed by atoms with van der Waals surface area (Å²) < 4.78 is 5.73. The average molecular weight is 483 g/mol. The number of benzene rings is 2. The maximum absolute atomic E-state index is 10.2. The van der Waals surface area contributed by atoms with Gasteiger partial charge in [-0.15, -0.1) is 24.0 Å². The van der Waals surface area contributed by atoms with Crippen molar-refractivity contribution in [2.45, 2.75) is 26.4 Å². The number of aryl methyl sites for hydroxylation is 1. The van der Waals surface area contributed by atoms with E-state index >= 15 is 0 Å². The van der Waals surface area contributed by atoms with Crippen LogP contribution in [0.4, 0.5) is 0 Å². The minimum atomic E-state index is -0.493. The van der Waals surface area contributed by atoms with Gasteiger partial charge in [0.2, 0.25) is 0 Å². The second kappa shape index (κ2) is 13.4. The van der Waals surface area contributed by atoms with Crippen LogP contribution in [0.3, 0.4) is 0 Å². The summed E-state index contributed by atoms with van der Waals surface area (Å²) in [5.74, 6) is 1.61. The highest BCUT2D eigenvalue weighted by atomic mass is 127. The normalized spacial score (nSPS) is 12.0. The van der Waals surface area contributed by atoms with Crippen molar-refractivity contribution in [3.63, 3.8) is 0 Å². The van der Waals surface area contributed by atoms with Gasteiger partial charge in [-0.05, 0) is 43.5 Å². The fraction of sp³-hybridized carbons (Fsp3) is 0.381. The number of rotatable bonds is 9. The second-order valence-corrected chi connectivity index (χ2v) is 6.07. The summed E-state index contributed by atoms with van der Waals surface area (Å²) in [5, 5.41) is 16.7. The Balaban J connectivity index is 0.00000364.